The van der Waals surface area contributed by atoms with E-state index in [-0.39, 0.29) is 47.2 Å². The summed E-state index contributed by atoms with van der Waals surface area (Å²) in [4.78, 5) is 0. The monoisotopic (exact) mass is 302 g/mol. The van der Waals surface area contributed by atoms with Gasteiger partial charge in [0, 0.05) is 0 Å². The van der Waals surface area contributed by atoms with Crippen LogP contribution in [-0.4, -0.2) is 47.2 Å². The average Bonchev–Trinajstić information content (AvgIpc) is 2.37. The van der Waals surface area contributed by atoms with Gasteiger partial charge in [0.05, 0.1) is 0 Å². The van der Waals surface area contributed by atoms with Crippen molar-refractivity contribution in [1.29, 1.82) is 0 Å². The van der Waals surface area contributed by atoms with Crippen LogP contribution in [0.3, 0.4) is 0 Å². The maximum Gasteiger partial charge on any atom is 2.00 e. The van der Waals surface area contributed by atoms with E-state index in [1.165, 1.54) is 0 Å². The summed E-state index contributed by atoms with van der Waals surface area (Å²) in [5, 5.41) is 0. The maximum absolute atomic E-state index is 5.31. The van der Waals surface area contributed by atoms with E-state index in [4.69, 9.17) is 25.3 Å². The van der Waals surface area contributed by atoms with Crippen LogP contribution in [0.5, 0.6) is 0 Å². The Labute approximate surface area is 151 Å². The summed E-state index contributed by atoms with van der Waals surface area (Å²) in [6, 6.07) is 0. The van der Waals surface area contributed by atoms with E-state index < -0.39 is 0 Å². The fourth-order valence-corrected chi connectivity index (χ4v) is 1.50. The molecule has 0 aromatic heterocycles. The molecule has 0 atom stereocenters. The van der Waals surface area contributed by atoms with Crippen LogP contribution in [0.4, 0.5) is 0 Å². The Morgan fingerprint density at radius 2 is 0.647 bits per heavy atom. The van der Waals surface area contributed by atoms with Crippen molar-refractivity contribution in [3.63, 3.8) is 0 Å². The third kappa shape index (κ3) is 11.5. The molecular formula is C14H30CaS2. The number of hydrogen-bond donors (Lipinski definition) is 0. The van der Waals surface area contributed by atoms with Crippen LogP contribution in [0.1, 0.15) is 80.1 Å². The van der Waals surface area contributed by atoms with Crippen molar-refractivity contribution in [2.75, 3.05) is 0 Å². The van der Waals surface area contributed by atoms with Crippen molar-refractivity contribution < 1.29 is 0 Å². The van der Waals surface area contributed by atoms with Crippen LogP contribution in [0, 0.1) is 0 Å². The summed E-state index contributed by atoms with van der Waals surface area (Å²) in [6.45, 7) is 13.0. The van der Waals surface area contributed by atoms with Crippen molar-refractivity contribution in [1.82, 2.24) is 0 Å². The Kier molecular flexibility index (Phi) is 18.3. The zero-order chi connectivity index (χ0) is 13.2. The van der Waals surface area contributed by atoms with Gasteiger partial charge in [-0.05, 0) is 0 Å². The van der Waals surface area contributed by atoms with Crippen LogP contribution >= 0.6 is 0 Å². The van der Waals surface area contributed by atoms with Crippen LogP contribution < -0.4 is 0 Å². The minimum atomic E-state index is 0. The van der Waals surface area contributed by atoms with E-state index >= 15 is 0 Å². The second kappa shape index (κ2) is 13.0. The molecule has 0 radical (unpaired) electrons. The standard InChI is InChI=1S/2C7H16S.Ca/c2*1-4-7(8,5-2)6-3;/h2*8H,4-6H2,1-3H3;/q;;+2/p-2. The first kappa shape index (κ1) is 24.0. The normalized spacial score (nSPS) is 11.3. The van der Waals surface area contributed by atoms with E-state index in [2.05, 4.69) is 41.5 Å². The SMILES string of the molecule is CCC([S-])(CC)CC.CCC([S-])(CC)CC.[Ca+2]. The van der Waals surface area contributed by atoms with Crippen LogP contribution in [-0.2, 0) is 25.3 Å². The zero-order valence-corrected chi connectivity index (χ0v) is 16.6. The van der Waals surface area contributed by atoms with Gasteiger partial charge in [0.1, 0.15) is 0 Å². The first-order valence-corrected chi connectivity index (χ1v) is 7.59. The van der Waals surface area contributed by atoms with Crippen molar-refractivity contribution in [2.45, 2.75) is 89.6 Å². The molecule has 3 heteroatoms. The van der Waals surface area contributed by atoms with E-state index in [0.717, 1.165) is 38.5 Å². The molecule has 0 aliphatic rings. The van der Waals surface area contributed by atoms with E-state index in [0.29, 0.717) is 0 Å². The third-order valence-electron chi connectivity index (χ3n) is 3.87. The Bertz CT molecular complexity index is 118. The summed E-state index contributed by atoms with van der Waals surface area (Å²) in [6.07, 6.45) is 6.81. The molecule has 0 saturated carbocycles. The van der Waals surface area contributed by atoms with Crippen LogP contribution in [0.2, 0.25) is 0 Å². The fraction of sp³-hybridized carbons (Fsp3) is 1.00. The minimum absolute atomic E-state index is 0. The second-order valence-corrected chi connectivity index (χ2v) is 6.22. The average molecular weight is 303 g/mol. The molecule has 0 aromatic rings. The molecule has 0 bridgehead atoms. The largest absolute Gasteiger partial charge is 2.00 e. The number of hydrogen-bond acceptors (Lipinski definition) is 2. The van der Waals surface area contributed by atoms with Crippen molar-refractivity contribution in [3.05, 3.63) is 0 Å². The van der Waals surface area contributed by atoms with Gasteiger partial charge in [-0.25, -0.2) is 0 Å². The predicted octanol–water partition coefficient (Wildman–Crippen LogP) is 4.62. The molecule has 0 saturated heterocycles. The van der Waals surface area contributed by atoms with Gasteiger partial charge in [-0.2, -0.15) is 9.49 Å². The second-order valence-electron chi connectivity index (χ2n) is 4.49. The zero-order valence-electron chi connectivity index (χ0n) is 12.8. The molecule has 0 N–H and O–H groups in total. The molecule has 0 heterocycles. The smallest absolute Gasteiger partial charge is 0.786 e. The summed E-state index contributed by atoms with van der Waals surface area (Å²) >= 11 is 10.6. The Morgan fingerprint density at radius 1 is 0.529 bits per heavy atom. The van der Waals surface area contributed by atoms with Crippen LogP contribution in [0.15, 0.2) is 0 Å². The van der Waals surface area contributed by atoms with Crippen LogP contribution in [0.25, 0.3) is 0 Å². The molecule has 0 aromatic carbocycles. The molecule has 0 amide bonds. The first-order valence-electron chi connectivity index (χ1n) is 6.77. The summed E-state index contributed by atoms with van der Waals surface area (Å²) in [5.41, 5.74) is 0. The van der Waals surface area contributed by atoms with E-state index in [1.54, 1.807) is 0 Å². The van der Waals surface area contributed by atoms with Gasteiger partial charge in [0.15, 0.2) is 0 Å². The summed E-state index contributed by atoms with van der Waals surface area (Å²) in [7, 11) is 0. The molecule has 0 rings (SSSR count). The number of rotatable bonds is 6. The first-order chi connectivity index (χ1) is 7.36. The van der Waals surface area contributed by atoms with Crippen molar-refractivity contribution >= 4 is 63.0 Å². The van der Waals surface area contributed by atoms with Gasteiger partial charge in [0.2, 0.25) is 0 Å². The summed E-state index contributed by atoms with van der Waals surface area (Å²) < 4.78 is 0.417. The van der Waals surface area contributed by atoms with Gasteiger partial charge >= 0.3 is 37.7 Å². The van der Waals surface area contributed by atoms with Crippen molar-refractivity contribution in [2.24, 2.45) is 0 Å². The Balaban J connectivity index is -0.000000218. The van der Waals surface area contributed by atoms with Gasteiger partial charge in [-0.3, -0.25) is 0 Å². The maximum atomic E-state index is 5.31. The molecule has 0 fully saturated rings. The topological polar surface area (TPSA) is 0 Å². The van der Waals surface area contributed by atoms with Crippen molar-refractivity contribution in [3.8, 4) is 0 Å². The molecule has 0 nitrogen and oxygen atoms in total. The molecule has 0 aliphatic heterocycles. The minimum Gasteiger partial charge on any atom is -0.786 e. The molecular weight excluding hydrogens is 272 g/mol. The molecule has 0 unspecified atom stereocenters. The Hall–Kier alpha value is 1.96. The quantitative estimate of drug-likeness (QED) is 0.518. The molecule has 0 spiro atoms. The molecule has 17 heavy (non-hydrogen) atoms. The van der Waals surface area contributed by atoms with Gasteiger partial charge < -0.3 is 25.3 Å². The predicted molar refractivity (Wildman–Crippen MR) is 87.7 cm³/mol. The summed E-state index contributed by atoms with van der Waals surface area (Å²) in [5.74, 6) is 0. The van der Waals surface area contributed by atoms with Gasteiger partial charge in [-0.1, -0.05) is 80.1 Å². The van der Waals surface area contributed by atoms with Gasteiger partial charge in [-0.15, -0.1) is 0 Å². The fourth-order valence-electron chi connectivity index (χ4n) is 1.50. The third-order valence-corrected chi connectivity index (χ3v) is 5.60. The molecule has 100 valence electrons. The van der Waals surface area contributed by atoms with E-state index in [1.807, 2.05) is 0 Å². The van der Waals surface area contributed by atoms with E-state index in [9.17, 15) is 0 Å². The van der Waals surface area contributed by atoms with Gasteiger partial charge in [0.25, 0.3) is 0 Å². The Morgan fingerprint density at radius 3 is 0.647 bits per heavy atom. The molecule has 0 aliphatic carbocycles.